The lowest BCUT2D eigenvalue weighted by Crippen LogP contribution is -2.40. The monoisotopic (exact) mass is 301 g/mol. The third kappa shape index (κ3) is 6.53. The Morgan fingerprint density at radius 2 is 2.09 bits per heavy atom. The van der Waals surface area contributed by atoms with Gasteiger partial charge >= 0.3 is 0 Å². The highest BCUT2D eigenvalue weighted by atomic mass is 16.5. The molecule has 4 nitrogen and oxygen atoms in total. The highest BCUT2D eigenvalue weighted by Crippen LogP contribution is 2.12. The Kier molecular flexibility index (Phi) is 8.59. The first-order valence-corrected chi connectivity index (χ1v) is 7.78. The van der Waals surface area contributed by atoms with Crippen molar-refractivity contribution in [1.29, 1.82) is 0 Å². The first-order chi connectivity index (χ1) is 10.7. The van der Waals surface area contributed by atoms with E-state index in [1.165, 1.54) is 18.4 Å². The quantitative estimate of drug-likeness (QED) is 0.455. The fourth-order valence-electron chi connectivity index (χ4n) is 2.08. The minimum absolute atomic E-state index is 0.307. The fraction of sp³-hybridized carbons (Fsp3) is 0.500. The van der Waals surface area contributed by atoms with E-state index >= 15 is 0 Å². The second-order valence-corrected chi connectivity index (χ2v) is 5.14. The summed E-state index contributed by atoms with van der Waals surface area (Å²) in [5, 5.41) is 3.39. The van der Waals surface area contributed by atoms with E-state index in [0.717, 1.165) is 31.2 Å². The Labute approximate surface area is 134 Å². The Morgan fingerprint density at radius 3 is 2.68 bits per heavy atom. The molecule has 22 heavy (non-hydrogen) atoms. The molecule has 0 aliphatic heterocycles. The maximum Gasteiger partial charge on any atom is 0.193 e. The van der Waals surface area contributed by atoms with Crippen LogP contribution in [0.2, 0.25) is 0 Å². The van der Waals surface area contributed by atoms with Crippen molar-refractivity contribution in [1.82, 2.24) is 10.2 Å². The summed E-state index contributed by atoms with van der Waals surface area (Å²) in [4.78, 5) is 6.48. The van der Waals surface area contributed by atoms with Crippen LogP contribution in [0.3, 0.4) is 0 Å². The third-order valence-corrected chi connectivity index (χ3v) is 3.36. The van der Waals surface area contributed by atoms with Crippen LogP contribution in [0.1, 0.15) is 25.3 Å². The number of hydrogen-bond acceptors (Lipinski definition) is 2. The SMILES string of the molecule is C#CCOc1ccc(CCNC(=NC)N(C)CCCC)cc1. The molecule has 0 amide bonds. The molecule has 0 saturated heterocycles. The largest absolute Gasteiger partial charge is 0.481 e. The Balaban J connectivity index is 2.37. The summed E-state index contributed by atoms with van der Waals surface area (Å²) in [7, 11) is 3.89. The molecule has 0 radical (unpaired) electrons. The maximum absolute atomic E-state index is 5.36. The number of rotatable bonds is 8. The molecule has 4 heteroatoms. The molecule has 0 atom stereocenters. The van der Waals surface area contributed by atoms with Crippen molar-refractivity contribution < 1.29 is 4.74 Å². The lowest BCUT2D eigenvalue weighted by molar-refractivity contribution is 0.370. The van der Waals surface area contributed by atoms with Crippen LogP contribution in [0.4, 0.5) is 0 Å². The van der Waals surface area contributed by atoms with E-state index in [0.29, 0.717) is 6.61 Å². The number of hydrogen-bond donors (Lipinski definition) is 1. The summed E-state index contributed by atoms with van der Waals surface area (Å²) in [6.45, 7) is 4.38. The number of benzene rings is 1. The first-order valence-electron chi connectivity index (χ1n) is 7.78. The highest BCUT2D eigenvalue weighted by Gasteiger charge is 2.04. The normalized spacial score (nSPS) is 10.9. The molecular weight excluding hydrogens is 274 g/mol. The second kappa shape index (κ2) is 10.6. The number of ether oxygens (including phenoxy) is 1. The van der Waals surface area contributed by atoms with Crippen LogP contribution in [0, 0.1) is 12.3 Å². The smallest absolute Gasteiger partial charge is 0.193 e. The zero-order valence-corrected chi connectivity index (χ0v) is 13.9. The average Bonchev–Trinajstić information content (AvgIpc) is 2.55. The van der Waals surface area contributed by atoms with Crippen molar-refractivity contribution in [2.24, 2.45) is 4.99 Å². The molecular formula is C18H27N3O. The predicted molar refractivity (Wildman–Crippen MR) is 93.4 cm³/mol. The zero-order valence-electron chi connectivity index (χ0n) is 13.9. The van der Waals surface area contributed by atoms with Gasteiger partial charge in [0.05, 0.1) is 0 Å². The first kappa shape index (κ1) is 17.9. The number of guanidine groups is 1. The highest BCUT2D eigenvalue weighted by molar-refractivity contribution is 5.79. The lowest BCUT2D eigenvalue weighted by atomic mass is 10.1. The lowest BCUT2D eigenvalue weighted by Gasteiger charge is -2.21. The minimum atomic E-state index is 0.307. The molecule has 0 unspecified atom stereocenters. The summed E-state index contributed by atoms with van der Waals surface area (Å²) in [6, 6.07) is 8.04. The van der Waals surface area contributed by atoms with Crippen LogP contribution in [-0.4, -0.2) is 44.7 Å². The number of nitrogens with one attached hydrogen (secondary N) is 1. The Morgan fingerprint density at radius 1 is 1.36 bits per heavy atom. The number of aliphatic imine (C=N–C) groups is 1. The summed E-state index contributed by atoms with van der Waals surface area (Å²) in [5.74, 6) is 4.22. The molecule has 1 aromatic rings. The van der Waals surface area contributed by atoms with Gasteiger partial charge in [-0.05, 0) is 30.5 Å². The van der Waals surface area contributed by atoms with Crippen molar-refractivity contribution in [3.8, 4) is 18.1 Å². The second-order valence-electron chi connectivity index (χ2n) is 5.14. The van der Waals surface area contributed by atoms with E-state index in [-0.39, 0.29) is 0 Å². The molecule has 1 rings (SSSR count). The molecule has 0 aromatic heterocycles. The van der Waals surface area contributed by atoms with Gasteiger partial charge in [-0.1, -0.05) is 31.4 Å². The van der Waals surface area contributed by atoms with Gasteiger partial charge < -0.3 is 15.0 Å². The van der Waals surface area contributed by atoms with Crippen molar-refractivity contribution in [3.05, 3.63) is 29.8 Å². The zero-order chi connectivity index (χ0) is 16.2. The van der Waals surface area contributed by atoms with E-state index in [2.05, 4.69) is 47.2 Å². The molecule has 0 aliphatic rings. The Hall–Kier alpha value is -2.15. The third-order valence-electron chi connectivity index (χ3n) is 3.36. The molecule has 0 spiro atoms. The number of nitrogens with zero attached hydrogens (tertiary/aromatic N) is 2. The topological polar surface area (TPSA) is 36.9 Å². The summed E-state index contributed by atoms with van der Waals surface area (Å²) in [6.07, 6.45) is 8.48. The fourth-order valence-corrected chi connectivity index (χ4v) is 2.08. The van der Waals surface area contributed by atoms with Gasteiger partial charge in [0.2, 0.25) is 0 Å². The van der Waals surface area contributed by atoms with Gasteiger partial charge in [0.15, 0.2) is 5.96 Å². The molecule has 0 heterocycles. The van der Waals surface area contributed by atoms with Crippen LogP contribution in [0.15, 0.2) is 29.3 Å². The van der Waals surface area contributed by atoms with Gasteiger partial charge in [0, 0.05) is 27.2 Å². The standard InChI is InChI=1S/C18H27N3O/c1-5-7-14-21(4)18(19-3)20-13-12-16-8-10-17(11-9-16)22-15-6-2/h2,8-11H,5,7,12-15H2,1,3-4H3,(H,19,20). The number of unbranched alkanes of at least 4 members (excludes halogenated alkanes) is 1. The van der Waals surface area contributed by atoms with Gasteiger partial charge in [0.25, 0.3) is 0 Å². The van der Waals surface area contributed by atoms with Crippen molar-refractivity contribution in [2.75, 3.05) is 33.8 Å². The molecule has 0 saturated carbocycles. The van der Waals surface area contributed by atoms with Crippen LogP contribution >= 0.6 is 0 Å². The molecule has 120 valence electrons. The van der Waals surface area contributed by atoms with Crippen molar-refractivity contribution in [3.63, 3.8) is 0 Å². The summed E-state index contributed by atoms with van der Waals surface area (Å²) < 4.78 is 5.36. The van der Waals surface area contributed by atoms with Gasteiger partial charge in [-0.3, -0.25) is 4.99 Å². The average molecular weight is 301 g/mol. The van der Waals surface area contributed by atoms with Gasteiger partial charge in [-0.15, -0.1) is 6.42 Å². The van der Waals surface area contributed by atoms with Crippen LogP contribution in [0.25, 0.3) is 0 Å². The van der Waals surface area contributed by atoms with Crippen LogP contribution < -0.4 is 10.1 Å². The molecule has 0 fully saturated rings. The molecule has 0 bridgehead atoms. The number of terminal acetylenes is 1. The van der Waals surface area contributed by atoms with Gasteiger partial charge in [-0.2, -0.15) is 0 Å². The molecule has 1 N–H and O–H groups in total. The summed E-state index contributed by atoms with van der Waals surface area (Å²) in [5.41, 5.74) is 1.26. The minimum Gasteiger partial charge on any atom is -0.481 e. The maximum atomic E-state index is 5.36. The van der Waals surface area contributed by atoms with Crippen LogP contribution in [-0.2, 0) is 6.42 Å². The van der Waals surface area contributed by atoms with Crippen molar-refractivity contribution in [2.45, 2.75) is 26.2 Å². The van der Waals surface area contributed by atoms with E-state index in [1.54, 1.807) is 0 Å². The predicted octanol–water partition coefficient (Wildman–Crippen LogP) is 2.55. The van der Waals surface area contributed by atoms with E-state index in [1.807, 2.05) is 19.2 Å². The van der Waals surface area contributed by atoms with E-state index in [9.17, 15) is 0 Å². The van der Waals surface area contributed by atoms with E-state index < -0.39 is 0 Å². The van der Waals surface area contributed by atoms with Crippen LogP contribution in [0.5, 0.6) is 5.75 Å². The molecule has 0 aliphatic carbocycles. The Bertz CT molecular complexity index is 488. The molecule has 1 aromatic carbocycles. The van der Waals surface area contributed by atoms with Gasteiger partial charge in [-0.25, -0.2) is 0 Å². The van der Waals surface area contributed by atoms with Crippen molar-refractivity contribution >= 4 is 5.96 Å². The summed E-state index contributed by atoms with van der Waals surface area (Å²) >= 11 is 0. The van der Waals surface area contributed by atoms with E-state index in [4.69, 9.17) is 11.2 Å². The van der Waals surface area contributed by atoms with Gasteiger partial charge in [0.1, 0.15) is 12.4 Å².